The van der Waals surface area contributed by atoms with Crippen LogP contribution in [0, 0.1) is 11.2 Å². The summed E-state index contributed by atoms with van der Waals surface area (Å²) in [5, 5.41) is 0. The number of methoxy groups -OCH3 is 1. The second-order valence-electron chi connectivity index (χ2n) is 8.46. The molecule has 0 bridgehead atoms. The van der Waals surface area contributed by atoms with E-state index in [-0.39, 0.29) is 16.3 Å². The van der Waals surface area contributed by atoms with Crippen molar-refractivity contribution in [3.8, 4) is 5.75 Å². The lowest BCUT2D eigenvalue weighted by Crippen LogP contribution is -2.37. The van der Waals surface area contributed by atoms with Crippen molar-refractivity contribution in [2.24, 2.45) is 5.41 Å². The normalized spacial score (nSPS) is 19.8. The van der Waals surface area contributed by atoms with E-state index in [2.05, 4.69) is 11.7 Å². The zero-order chi connectivity index (χ0) is 24.9. The number of hydrogen-bond acceptors (Lipinski definition) is 6. The van der Waals surface area contributed by atoms with Gasteiger partial charge in [0.15, 0.2) is 21.4 Å². The van der Waals surface area contributed by atoms with Crippen molar-refractivity contribution in [2.75, 3.05) is 24.3 Å². The molecule has 0 spiro atoms. The molecule has 0 saturated heterocycles. The van der Waals surface area contributed by atoms with Gasteiger partial charge in [-0.25, -0.2) is 17.6 Å². The number of hydrogen-bond donors (Lipinski definition) is 0. The summed E-state index contributed by atoms with van der Waals surface area (Å²) in [5.41, 5.74) is 0.387. The van der Waals surface area contributed by atoms with Gasteiger partial charge in [-0.05, 0) is 25.0 Å². The minimum absolute atomic E-state index is 0.105. The fraction of sp³-hybridized carbons (Fsp3) is 0.400. The first-order chi connectivity index (χ1) is 16.2. The minimum Gasteiger partial charge on any atom is -0.464 e. The van der Waals surface area contributed by atoms with Gasteiger partial charge in [0.1, 0.15) is 6.26 Å². The number of nitrogens with zero attached hydrogens (tertiary/aromatic N) is 1. The molecule has 6 nitrogen and oxygen atoms in total. The maximum Gasteiger partial charge on any atom is 0.370 e. The molecule has 0 radical (unpaired) electrons. The van der Waals surface area contributed by atoms with Crippen LogP contribution in [0.4, 0.5) is 20.2 Å². The van der Waals surface area contributed by atoms with Crippen LogP contribution in [-0.4, -0.2) is 33.8 Å². The van der Waals surface area contributed by atoms with Crippen molar-refractivity contribution >= 4 is 27.2 Å². The summed E-state index contributed by atoms with van der Waals surface area (Å²) in [6.07, 6.45) is 3.51. The molecule has 0 aromatic heterocycles. The van der Waals surface area contributed by atoms with E-state index < -0.39 is 38.6 Å². The molecule has 2 aromatic rings. The van der Waals surface area contributed by atoms with Gasteiger partial charge in [0, 0.05) is 29.8 Å². The number of para-hydroxylation sites is 1. The lowest BCUT2D eigenvalue weighted by atomic mass is 9.81. The number of halogens is 2. The summed E-state index contributed by atoms with van der Waals surface area (Å²) < 4.78 is 65.2. The van der Waals surface area contributed by atoms with Crippen LogP contribution in [0.2, 0.25) is 0 Å². The molecule has 0 aliphatic carbocycles. The third-order valence-electron chi connectivity index (χ3n) is 6.18. The molecule has 0 fully saturated rings. The molecular weight excluding hydrogens is 464 g/mol. The van der Waals surface area contributed by atoms with Gasteiger partial charge < -0.3 is 14.4 Å². The highest BCUT2D eigenvalue weighted by atomic mass is 32.2. The number of anilines is 2. The highest BCUT2D eigenvalue weighted by Gasteiger charge is 2.42. The smallest absolute Gasteiger partial charge is 0.370 e. The molecule has 1 unspecified atom stereocenters. The monoisotopic (exact) mass is 493 g/mol. The quantitative estimate of drug-likeness (QED) is 0.203. The van der Waals surface area contributed by atoms with Gasteiger partial charge in [0.05, 0.1) is 23.4 Å². The third-order valence-corrected chi connectivity index (χ3v) is 8.17. The molecule has 9 heteroatoms. The van der Waals surface area contributed by atoms with E-state index in [1.54, 1.807) is 0 Å². The molecule has 1 aliphatic rings. The van der Waals surface area contributed by atoms with Crippen LogP contribution in [0.25, 0.3) is 0 Å². The van der Waals surface area contributed by atoms with E-state index in [4.69, 9.17) is 4.74 Å². The van der Waals surface area contributed by atoms with Crippen LogP contribution in [0.15, 0.2) is 59.4 Å². The number of carbonyl (C=O) groups is 1. The van der Waals surface area contributed by atoms with Gasteiger partial charge in [-0.1, -0.05) is 44.9 Å². The summed E-state index contributed by atoms with van der Waals surface area (Å²) in [5.74, 6) is -4.17. The number of fused-ring (bicyclic) bond motifs is 1. The number of sulfone groups is 1. The Hall–Kier alpha value is -2.94. The summed E-state index contributed by atoms with van der Waals surface area (Å²) in [7, 11) is -2.87. The highest BCUT2D eigenvalue weighted by Crippen LogP contribution is 2.45. The Morgan fingerprint density at radius 3 is 2.53 bits per heavy atom. The van der Waals surface area contributed by atoms with Crippen LogP contribution in [0.5, 0.6) is 5.75 Å². The Bertz CT molecular complexity index is 1170. The van der Waals surface area contributed by atoms with E-state index in [1.807, 2.05) is 42.2 Å². The number of carbonyl (C=O) groups excluding carboxylic acids is 1. The van der Waals surface area contributed by atoms with Crippen LogP contribution >= 0.6 is 0 Å². The zero-order valence-corrected chi connectivity index (χ0v) is 20.3. The van der Waals surface area contributed by atoms with Crippen molar-refractivity contribution < 1.29 is 31.5 Å². The lowest BCUT2D eigenvalue weighted by Gasteiger charge is -2.36. The largest absolute Gasteiger partial charge is 0.464 e. The molecular formula is C25H29F2NO5S. The minimum atomic E-state index is -3.86. The Labute approximate surface area is 199 Å². The summed E-state index contributed by atoms with van der Waals surface area (Å²) in [4.78, 5) is 13.0. The zero-order valence-electron chi connectivity index (χ0n) is 19.5. The van der Waals surface area contributed by atoms with Gasteiger partial charge in [0.2, 0.25) is 5.83 Å². The summed E-state index contributed by atoms with van der Waals surface area (Å²) in [6, 6.07) is 11.4. The Morgan fingerprint density at radius 1 is 1.21 bits per heavy atom. The Morgan fingerprint density at radius 2 is 1.91 bits per heavy atom. The maximum atomic E-state index is 15.0. The topological polar surface area (TPSA) is 72.9 Å². The fourth-order valence-corrected chi connectivity index (χ4v) is 6.39. The van der Waals surface area contributed by atoms with Gasteiger partial charge in [0.25, 0.3) is 0 Å². The Kier molecular flexibility index (Phi) is 7.97. The first-order valence-electron chi connectivity index (χ1n) is 11.2. The van der Waals surface area contributed by atoms with E-state index in [0.29, 0.717) is 25.6 Å². The van der Waals surface area contributed by atoms with Crippen LogP contribution in [0.3, 0.4) is 0 Å². The molecule has 184 valence electrons. The molecule has 34 heavy (non-hydrogen) atoms. The lowest BCUT2D eigenvalue weighted by molar-refractivity contribution is -0.137. The second-order valence-corrected chi connectivity index (χ2v) is 10.4. The SMILES string of the molecule is CCCCC1(CC)CN(c2ccccc2)c2cc(F)c(O/C=C(\F)C(=O)OC)cc2S(=O)(=O)C1. The number of unbranched alkanes of at least 4 members (excludes halogenated alkanes) is 1. The van der Waals surface area contributed by atoms with Gasteiger partial charge >= 0.3 is 5.97 Å². The summed E-state index contributed by atoms with van der Waals surface area (Å²) >= 11 is 0. The number of rotatable bonds is 8. The molecule has 1 heterocycles. The fourth-order valence-electron chi connectivity index (χ4n) is 4.21. The van der Waals surface area contributed by atoms with E-state index in [0.717, 1.165) is 37.8 Å². The number of esters is 1. The van der Waals surface area contributed by atoms with Gasteiger partial charge in [-0.15, -0.1) is 0 Å². The van der Waals surface area contributed by atoms with Crippen LogP contribution < -0.4 is 9.64 Å². The second kappa shape index (κ2) is 10.5. The summed E-state index contributed by atoms with van der Waals surface area (Å²) in [6.45, 7) is 4.42. The first kappa shape index (κ1) is 25.7. The van der Waals surface area contributed by atoms with E-state index in [1.165, 1.54) is 0 Å². The number of ether oxygens (including phenoxy) is 2. The van der Waals surface area contributed by atoms with Crippen LogP contribution in [-0.2, 0) is 19.4 Å². The number of benzene rings is 2. The van der Waals surface area contributed by atoms with Gasteiger partial charge in [-0.2, -0.15) is 4.39 Å². The molecule has 2 aromatic carbocycles. The average Bonchev–Trinajstić information content (AvgIpc) is 2.93. The molecule has 3 rings (SSSR count). The van der Waals surface area contributed by atoms with Crippen LogP contribution in [0.1, 0.15) is 39.5 Å². The predicted molar refractivity (Wildman–Crippen MR) is 126 cm³/mol. The maximum absolute atomic E-state index is 15.0. The first-order valence-corrected chi connectivity index (χ1v) is 12.8. The standard InChI is InChI=1S/C25H29F2NO5S/c1-4-6-12-25(5-2)16-28(18-10-8-7-9-11-18)21-13-19(26)22(14-23(21)34(30,31)17-25)33-15-20(27)24(29)32-3/h7-11,13-15H,4-6,12,16-17H2,1-3H3/b20-15-. The van der Waals surface area contributed by atoms with Crippen molar-refractivity contribution in [1.82, 2.24) is 0 Å². The van der Waals surface area contributed by atoms with Crippen molar-refractivity contribution in [1.29, 1.82) is 0 Å². The molecule has 0 amide bonds. The van der Waals surface area contributed by atoms with E-state index in [9.17, 15) is 17.6 Å². The van der Waals surface area contributed by atoms with Crippen molar-refractivity contribution in [3.63, 3.8) is 0 Å². The molecule has 0 N–H and O–H groups in total. The predicted octanol–water partition coefficient (Wildman–Crippen LogP) is 5.70. The van der Waals surface area contributed by atoms with E-state index >= 15 is 4.39 Å². The van der Waals surface area contributed by atoms with Gasteiger partial charge in [-0.3, -0.25) is 0 Å². The van der Waals surface area contributed by atoms with Crippen molar-refractivity contribution in [2.45, 2.75) is 44.4 Å². The molecule has 1 atom stereocenters. The highest BCUT2D eigenvalue weighted by molar-refractivity contribution is 7.91. The molecule has 0 saturated carbocycles. The third kappa shape index (κ3) is 5.41. The average molecular weight is 494 g/mol. The van der Waals surface area contributed by atoms with Crippen molar-refractivity contribution in [3.05, 3.63) is 60.4 Å². The Balaban J connectivity index is 2.17. The molecule has 1 aliphatic heterocycles.